The second-order valence-corrected chi connectivity index (χ2v) is 2.54. The number of fused-ring (bicyclic) bond motifs is 1. The second kappa shape index (κ2) is 3.98. The molecule has 1 fully saturated rings. The van der Waals surface area contributed by atoms with Gasteiger partial charge in [0.2, 0.25) is 0 Å². The molecule has 1 aliphatic carbocycles. The molecule has 1 saturated heterocycles. The van der Waals surface area contributed by atoms with E-state index in [1.807, 2.05) is 0 Å². The van der Waals surface area contributed by atoms with Crippen LogP contribution in [-0.2, 0) is 9.59 Å². The van der Waals surface area contributed by atoms with Crippen LogP contribution < -0.4 is 51.4 Å². The Morgan fingerprint density at radius 1 is 1.00 bits per heavy atom. The average Bonchev–Trinajstić information content (AvgIpc) is 2.30. The molecule has 2 aliphatic rings. The standard InChI is InChI=1S/C8H7NO2.K/c10-7-5-3-1-2-4-6(5)8(11)9-7;/h3-4H,1-2H2,(H,9,10,11);/q;+1/p-1. The molecule has 0 radical (unpaired) electrons. The Labute approximate surface area is 113 Å². The Bertz CT molecular complexity index is 274. The number of hydrogen-bond donors (Lipinski definition) is 0. The first-order valence-corrected chi connectivity index (χ1v) is 3.50. The minimum absolute atomic E-state index is 0. The first-order valence-electron chi connectivity index (χ1n) is 3.50. The van der Waals surface area contributed by atoms with Gasteiger partial charge in [0.1, 0.15) is 0 Å². The zero-order chi connectivity index (χ0) is 7.84. The van der Waals surface area contributed by atoms with Crippen LogP contribution in [-0.4, -0.2) is 11.8 Å². The molecule has 0 atom stereocenters. The Kier molecular flexibility index (Phi) is 3.43. The van der Waals surface area contributed by atoms with Crippen LogP contribution in [0.4, 0.5) is 0 Å². The van der Waals surface area contributed by atoms with E-state index in [0.717, 1.165) is 12.8 Å². The molecule has 0 aromatic carbocycles. The normalized spacial score (nSPS) is 20.3. The molecule has 0 aromatic heterocycles. The molecule has 1 heterocycles. The van der Waals surface area contributed by atoms with E-state index in [0.29, 0.717) is 11.1 Å². The molecule has 56 valence electrons. The molecule has 0 unspecified atom stereocenters. The number of hydrogen-bond acceptors (Lipinski definition) is 2. The topological polar surface area (TPSA) is 48.2 Å². The fourth-order valence-corrected chi connectivity index (χ4v) is 1.29. The zero-order valence-corrected chi connectivity index (χ0v) is 9.96. The maximum Gasteiger partial charge on any atom is 1.00 e. The van der Waals surface area contributed by atoms with Gasteiger partial charge in [-0.1, -0.05) is 12.2 Å². The smallest absolute Gasteiger partial charge is 0.587 e. The summed E-state index contributed by atoms with van der Waals surface area (Å²) in [5.41, 5.74) is 1.00. The van der Waals surface area contributed by atoms with Gasteiger partial charge in [-0.2, -0.15) is 0 Å². The molecule has 12 heavy (non-hydrogen) atoms. The number of carbonyl (C=O) groups is 2. The molecule has 0 aromatic rings. The molecule has 0 N–H and O–H groups in total. The van der Waals surface area contributed by atoms with Crippen molar-refractivity contribution < 1.29 is 61.0 Å². The summed E-state index contributed by atoms with van der Waals surface area (Å²) in [5.74, 6) is -0.748. The van der Waals surface area contributed by atoms with Gasteiger partial charge in [0.05, 0.1) is 11.8 Å². The molecular weight excluding hydrogens is 181 g/mol. The zero-order valence-electron chi connectivity index (χ0n) is 6.83. The summed E-state index contributed by atoms with van der Waals surface area (Å²) in [6, 6.07) is 0. The fourth-order valence-electron chi connectivity index (χ4n) is 1.29. The summed E-state index contributed by atoms with van der Waals surface area (Å²) >= 11 is 0. The van der Waals surface area contributed by atoms with Crippen molar-refractivity contribution in [3.05, 3.63) is 28.6 Å². The van der Waals surface area contributed by atoms with Gasteiger partial charge in [-0.05, 0) is 12.8 Å². The van der Waals surface area contributed by atoms with Crippen LogP contribution in [0.15, 0.2) is 23.3 Å². The van der Waals surface area contributed by atoms with Crippen molar-refractivity contribution in [3.63, 3.8) is 0 Å². The minimum atomic E-state index is -0.374. The molecule has 0 spiro atoms. The van der Waals surface area contributed by atoms with Crippen LogP contribution in [0.5, 0.6) is 0 Å². The predicted octanol–water partition coefficient (Wildman–Crippen LogP) is -1.92. The largest absolute Gasteiger partial charge is 1.00 e. The third-order valence-corrected chi connectivity index (χ3v) is 1.82. The van der Waals surface area contributed by atoms with Crippen molar-refractivity contribution in [2.75, 3.05) is 0 Å². The minimum Gasteiger partial charge on any atom is -0.587 e. The number of carbonyl (C=O) groups excluding carboxylic acids is 2. The van der Waals surface area contributed by atoms with Crippen LogP contribution in [0.3, 0.4) is 0 Å². The van der Waals surface area contributed by atoms with Gasteiger partial charge in [-0.3, -0.25) is 0 Å². The van der Waals surface area contributed by atoms with Crippen molar-refractivity contribution in [2.45, 2.75) is 12.8 Å². The van der Waals surface area contributed by atoms with E-state index in [4.69, 9.17) is 0 Å². The summed E-state index contributed by atoms with van der Waals surface area (Å²) in [6.45, 7) is 0. The summed E-state index contributed by atoms with van der Waals surface area (Å²) in [4.78, 5) is 21.8. The Hall–Kier alpha value is 0.256. The van der Waals surface area contributed by atoms with E-state index in [9.17, 15) is 9.59 Å². The summed E-state index contributed by atoms with van der Waals surface area (Å²) < 4.78 is 0. The second-order valence-electron chi connectivity index (χ2n) is 2.54. The van der Waals surface area contributed by atoms with Gasteiger partial charge >= 0.3 is 51.4 Å². The van der Waals surface area contributed by atoms with Crippen molar-refractivity contribution >= 4 is 11.8 Å². The van der Waals surface area contributed by atoms with E-state index in [1.165, 1.54) is 0 Å². The van der Waals surface area contributed by atoms with Gasteiger partial charge in [0.25, 0.3) is 0 Å². The number of rotatable bonds is 0. The van der Waals surface area contributed by atoms with Crippen LogP contribution >= 0.6 is 0 Å². The molecule has 3 nitrogen and oxygen atoms in total. The Morgan fingerprint density at radius 3 is 1.83 bits per heavy atom. The van der Waals surface area contributed by atoms with E-state index in [-0.39, 0.29) is 63.2 Å². The van der Waals surface area contributed by atoms with Crippen LogP contribution in [0, 0.1) is 0 Å². The van der Waals surface area contributed by atoms with Crippen molar-refractivity contribution in [2.24, 2.45) is 0 Å². The Balaban J connectivity index is 0.000000720. The number of imide groups is 1. The van der Waals surface area contributed by atoms with Gasteiger partial charge in [0, 0.05) is 11.1 Å². The van der Waals surface area contributed by atoms with E-state index in [2.05, 4.69) is 5.32 Å². The maximum absolute atomic E-state index is 10.9. The quantitative estimate of drug-likeness (QED) is 0.328. The molecule has 1 aliphatic heterocycles. The number of allylic oxidation sites excluding steroid dienone is 2. The van der Waals surface area contributed by atoms with Crippen LogP contribution in [0.1, 0.15) is 12.8 Å². The molecule has 2 rings (SSSR count). The maximum atomic E-state index is 10.9. The molecule has 2 amide bonds. The molecule has 0 bridgehead atoms. The van der Waals surface area contributed by atoms with E-state index in [1.54, 1.807) is 12.2 Å². The average molecular weight is 187 g/mol. The van der Waals surface area contributed by atoms with Crippen LogP contribution in [0.2, 0.25) is 0 Å². The van der Waals surface area contributed by atoms with Gasteiger partial charge in [-0.25, -0.2) is 0 Å². The van der Waals surface area contributed by atoms with Crippen molar-refractivity contribution in [3.8, 4) is 0 Å². The SMILES string of the molecule is O=C1[N-]C(=O)C2=CCCC=C12.[K+]. The monoisotopic (exact) mass is 187 g/mol. The summed E-state index contributed by atoms with van der Waals surface area (Å²) in [7, 11) is 0. The molecular formula is C8H6KNO2. The van der Waals surface area contributed by atoms with Gasteiger partial charge in [0.15, 0.2) is 0 Å². The third kappa shape index (κ3) is 1.62. The van der Waals surface area contributed by atoms with Gasteiger partial charge < -0.3 is 14.9 Å². The molecule has 0 saturated carbocycles. The van der Waals surface area contributed by atoms with Crippen molar-refractivity contribution in [1.29, 1.82) is 0 Å². The summed E-state index contributed by atoms with van der Waals surface area (Å²) in [5, 5.41) is 3.32. The van der Waals surface area contributed by atoms with E-state index < -0.39 is 0 Å². The first-order chi connectivity index (χ1) is 5.29. The van der Waals surface area contributed by atoms with E-state index >= 15 is 0 Å². The fraction of sp³-hybridized carbons (Fsp3) is 0.250. The number of amides is 2. The first kappa shape index (κ1) is 10.3. The van der Waals surface area contributed by atoms with Crippen molar-refractivity contribution in [1.82, 2.24) is 0 Å². The summed E-state index contributed by atoms with van der Waals surface area (Å²) in [6.07, 6.45) is 5.25. The van der Waals surface area contributed by atoms with Gasteiger partial charge in [-0.15, -0.1) is 0 Å². The third-order valence-electron chi connectivity index (χ3n) is 1.82. The van der Waals surface area contributed by atoms with Crippen LogP contribution in [0.25, 0.3) is 5.32 Å². The molecule has 4 heteroatoms. The number of nitrogens with zero attached hydrogens (tertiary/aromatic N) is 1. The Morgan fingerprint density at radius 2 is 1.42 bits per heavy atom. The predicted molar refractivity (Wildman–Crippen MR) is 38.8 cm³/mol.